The number of nitrogens with zero attached hydrogens (tertiary/aromatic N) is 4. The van der Waals surface area contributed by atoms with Gasteiger partial charge in [-0.05, 0) is 42.2 Å². The van der Waals surface area contributed by atoms with Crippen LogP contribution in [0.5, 0.6) is 0 Å². The van der Waals surface area contributed by atoms with Crippen LogP contribution in [0.3, 0.4) is 0 Å². The van der Waals surface area contributed by atoms with Crippen LogP contribution in [0.15, 0.2) is 79.3 Å². The molecular formula is C25H26N6O. The van der Waals surface area contributed by atoms with Crippen LogP contribution >= 0.6 is 0 Å². The Morgan fingerprint density at radius 2 is 2.03 bits per heavy atom. The molecule has 0 spiro atoms. The highest BCUT2D eigenvalue weighted by Gasteiger charge is 2.26. The lowest BCUT2D eigenvalue weighted by Gasteiger charge is -2.32. The summed E-state index contributed by atoms with van der Waals surface area (Å²) in [7, 11) is 0. The van der Waals surface area contributed by atoms with Crippen LogP contribution in [-0.4, -0.2) is 43.8 Å². The standard InChI is InChI=1S/C25H26N6O/c32-25(28-22-11-4-7-19(15-22)17-31-14-6-12-27-31)30-13-5-10-21(18-30)24-26-16-23(29-24)20-8-2-1-3-9-20/h1-4,6-9,11-12,14-16,21H,5,10,13,17-18H2,(H,26,29)(H,28,32). The first-order valence-corrected chi connectivity index (χ1v) is 11.0. The molecule has 2 N–H and O–H groups in total. The van der Waals surface area contributed by atoms with Gasteiger partial charge < -0.3 is 15.2 Å². The van der Waals surface area contributed by atoms with Crippen molar-refractivity contribution >= 4 is 11.7 Å². The van der Waals surface area contributed by atoms with E-state index in [0.717, 1.165) is 47.7 Å². The molecule has 2 aromatic heterocycles. The second kappa shape index (κ2) is 9.09. The summed E-state index contributed by atoms with van der Waals surface area (Å²) < 4.78 is 1.86. The van der Waals surface area contributed by atoms with E-state index >= 15 is 0 Å². The van der Waals surface area contributed by atoms with Gasteiger partial charge in [-0.25, -0.2) is 9.78 Å². The van der Waals surface area contributed by atoms with Gasteiger partial charge >= 0.3 is 6.03 Å². The summed E-state index contributed by atoms with van der Waals surface area (Å²) in [6.07, 6.45) is 7.55. The highest BCUT2D eigenvalue weighted by molar-refractivity contribution is 5.89. The molecular weight excluding hydrogens is 400 g/mol. The summed E-state index contributed by atoms with van der Waals surface area (Å²) in [5.41, 5.74) is 4.01. The van der Waals surface area contributed by atoms with Crippen molar-refractivity contribution < 1.29 is 4.79 Å². The molecule has 1 atom stereocenters. The van der Waals surface area contributed by atoms with Gasteiger partial charge in [0.25, 0.3) is 0 Å². The summed E-state index contributed by atoms with van der Waals surface area (Å²) in [4.78, 5) is 22.9. The molecule has 7 nitrogen and oxygen atoms in total. The fourth-order valence-corrected chi connectivity index (χ4v) is 4.22. The maximum atomic E-state index is 13.0. The normalized spacial score (nSPS) is 16.1. The molecule has 0 bridgehead atoms. The summed E-state index contributed by atoms with van der Waals surface area (Å²) in [5.74, 6) is 1.15. The van der Waals surface area contributed by atoms with E-state index in [2.05, 4.69) is 32.5 Å². The Morgan fingerprint density at radius 1 is 1.12 bits per heavy atom. The van der Waals surface area contributed by atoms with E-state index in [9.17, 15) is 4.79 Å². The molecule has 0 saturated carbocycles. The SMILES string of the molecule is O=C(Nc1cccc(Cn2cccn2)c1)N1CCCC(c2ncc(-c3ccccc3)[nH]2)C1. The zero-order valence-corrected chi connectivity index (χ0v) is 17.8. The molecule has 0 radical (unpaired) electrons. The van der Waals surface area contributed by atoms with Crippen LogP contribution in [0.1, 0.15) is 30.1 Å². The van der Waals surface area contributed by atoms with Gasteiger partial charge in [-0.1, -0.05) is 42.5 Å². The first kappa shape index (κ1) is 20.1. The van der Waals surface area contributed by atoms with Gasteiger partial charge in [-0.15, -0.1) is 0 Å². The molecule has 1 aliphatic heterocycles. The third kappa shape index (κ3) is 4.56. The van der Waals surface area contributed by atoms with E-state index in [4.69, 9.17) is 0 Å². The van der Waals surface area contributed by atoms with Crippen molar-refractivity contribution in [2.45, 2.75) is 25.3 Å². The number of carbonyl (C=O) groups is 1. The van der Waals surface area contributed by atoms with Crippen molar-refractivity contribution in [1.82, 2.24) is 24.6 Å². The number of imidazole rings is 1. The highest BCUT2D eigenvalue weighted by atomic mass is 16.2. The van der Waals surface area contributed by atoms with Crippen LogP contribution in [0.2, 0.25) is 0 Å². The van der Waals surface area contributed by atoms with Crippen LogP contribution < -0.4 is 5.32 Å². The van der Waals surface area contributed by atoms with E-state index in [1.165, 1.54) is 0 Å². The quantitative estimate of drug-likeness (QED) is 0.484. The number of aromatic nitrogens is 4. The summed E-state index contributed by atoms with van der Waals surface area (Å²) >= 11 is 0. The lowest BCUT2D eigenvalue weighted by Crippen LogP contribution is -2.41. The van der Waals surface area contributed by atoms with Crippen LogP contribution in [-0.2, 0) is 6.54 Å². The number of amides is 2. The summed E-state index contributed by atoms with van der Waals surface area (Å²) in [6.45, 7) is 2.08. The molecule has 7 heteroatoms. The Balaban J connectivity index is 1.23. The molecule has 3 heterocycles. The predicted octanol–water partition coefficient (Wildman–Crippen LogP) is 4.73. The van der Waals surface area contributed by atoms with Gasteiger partial charge in [0.15, 0.2) is 0 Å². The number of nitrogens with one attached hydrogen (secondary N) is 2. The monoisotopic (exact) mass is 426 g/mol. The minimum atomic E-state index is -0.0687. The highest BCUT2D eigenvalue weighted by Crippen LogP contribution is 2.27. The number of rotatable bonds is 5. The molecule has 5 rings (SSSR count). The molecule has 4 aromatic rings. The first-order valence-electron chi connectivity index (χ1n) is 11.0. The minimum absolute atomic E-state index is 0.0687. The summed E-state index contributed by atoms with van der Waals surface area (Å²) in [6, 6.07) is 19.9. The van der Waals surface area contributed by atoms with Crippen molar-refractivity contribution in [3.63, 3.8) is 0 Å². The number of hydrogen-bond donors (Lipinski definition) is 2. The number of urea groups is 1. The number of likely N-dealkylation sites (tertiary alicyclic amines) is 1. The van der Waals surface area contributed by atoms with Crippen LogP contribution in [0, 0.1) is 0 Å². The molecule has 1 unspecified atom stereocenters. The van der Waals surface area contributed by atoms with Gasteiger partial charge in [-0.3, -0.25) is 4.68 Å². The number of hydrogen-bond acceptors (Lipinski definition) is 3. The third-order valence-corrected chi connectivity index (χ3v) is 5.86. The van der Waals surface area contributed by atoms with E-state index in [1.54, 1.807) is 6.20 Å². The van der Waals surface area contributed by atoms with Gasteiger partial charge in [0, 0.05) is 37.1 Å². The van der Waals surface area contributed by atoms with Gasteiger partial charge in [0.1, 0.15) is 5.82 Å². The molecule has 0 aliphatic carbocycles. The maximum absolute atomic E-state index is 13.0. The lowest BCUT2D eigenvalue weighted by molar-refractivity contribution is 0.191. The van der Waals surface area contributed by atoms with Crippen molar-refractivity contribution in [1.29, 1.82) is 0 Å². The topological polar surface area (TPSA) is 78.8 Å². The Labute approximate surface area is 187 Å². The summed E-state index contributed by atoms with van der Waals surface area (Å²) in [5, 5.41) is 7.31. The largest absolute Gasteiger partial charge is 0.342 e. The van der Waals surface area contributed by atoms with Crippen molar-refractivity contribution in [2.75, 3.05) is 18.4 Å². The average Bonchev–Trinajstić information content (AvgIpc) is 3.53. The van der Waals surface area contributed by atoms with Gasteiger partial charge in [0.05, 0.1) is 18.4 Å². The molecule has 2 amide bonds. The number of H-pyrrole nitrogens is 1. The van der Waals surface area contributed by atoms with E-state index in [-0.39, 0.29) is 11.9 Å². The Kier molecular flexibility index (Phi) is 5.70. The van der Waals surface area contributed by atoms with Crippen molar-refractivity contribution in [3.05, 3.63) is 90.6 Å². The van der Waals surface area contributed by atoms with Gasteiger partial charge in [-0.2, -0.15) is 5.10 Å². The zero-order valence-electron chi connectivity index (χ0n) is 17.8. The molecule has 2 aromatic carbocycles. The zero-order chi connectivity index (χ0) is 21.8. The fraction of sp³-hybridized carbons (Fsp3) is 0.240. The van der Waals surface area contributed by atoms with Crippen LogP contribution in [0.4, 0.5) is 10.5 Å². The number of aromatic amines is 1. The smallest absolute Gasteiger partial charge is 0.321 e. The predicted molar refractivity (Wildman–Crippen MR) is 124 cm³/mol. The Bertz CT molecular complexity index is 1170. The molecule has 32 heavy (non-hydrogen) atoms. The van der Waals surface area contributed by atoms with Crippen molar-refractivity contribution in [2.24, 2.45) is 0 Å². The lowest BCUT2D eigenvalue weighted by atomic mass is 9.97. The fourth-order valence-electron chi connectivity index (χ4n) is 4.22. The van der Waals surface area contributed by atoms with Crippen molar-refractivity contribution in [3.8, 4) is 11.3 Å². The van der Waals surface area contributed by atoms with Crippen LogP contribution in [0.25, 0.3) is 11.3 Å². The molecule has 1 saturated heterocycles. The van der Waals surface area contributed by atoms with E-state index in [1.807, 2.05) is 70.5 Å². The maximum Gasteiger partial charge on any atom is 0.321 e. The second-order valence-corrected chi connectivity index (χ2v) is 8.17. The molecule has 162 valence electrons. The van der Waals surface area contributed by atoms with E-state index < -0.39 is 0 Å². The third-order valence-electron chi connectivity index (χ3n) is 5.86. The number of piperidine rings is 1. The molecule has 1 aliphatic rings. The number of anilines is 1. The first-order chi connectivity index (χ1) is 15.7. The Hall–Kier alpha value is -3.87. The number of carbonyl (C=O) groups excluding carboxylic acids is 1. The molecule has 1 fully saturated rings. The van der Waals surface area contributed by atoms with E-state index in [0.29, 0.717) is 13.1 Å². The number of benzene rings is 2. The Morgan fingerprint density at radius 3 is 2.88 bits per heavy atom. The second-order valence-electron chi connectivity index (χ2n) is 8.17. The van der Waals surface area contributed by atoms with Gasteiger partial charge in [0.2, 0.25) is 0 Å². The average molecular weight is 427 g/mol. The minimum Gasteiger partial charge on any atom is -0.342 e.